The molecule has 1 aliphatic rings. The zero-order valence-electron chi connectivity index (χ0n) is 16.0. The van der Waals surface area contributed by atoms with Crippen LogP contribution in [-0.4, -0.2) is 41.6 Å². The van der Waals surface area contributed by atoms with Crippen molar-refractivity contribution in [2.75, 3.05) is 18.0 Å². The van der Waals surface area contributed by atoms with E-state index in [9.17, 15) is 9.59 Å². The summed E-state index contributed by atoms with van der Waals surface area (Å²) in [6.07, 6.45) is 2.54. The average Bonchev–Trinajstić information content (AvgIpc) is 2.52. The SMILES string of the molecule is CCCC[C@H]1CN(c2ccccc2C)C(=O)CN1C(=O)OC(C)(C)C. The topological polar surface area (TPSA) is 49.9 Å². The number of hydrogen-bond acceptors (Lipinski definition) is 3. The Labute approximate surface area is 150 Å². The first kappa shape index (κ1) is 19.3. The number of rotatable bonds is 4. The van der Waals surface area contributed by atoms with E-state index in [2.05, 4.69) is 6.92 Å². The van der Waals surface area contributed by atoms with Crippen LogP contribution in [0, 0.1) is 6.92 Å². The summed E-state index contributed by atoms with van der Waals surface area (Å²) in [6.45, 7) is 10.3. The highest BCUT2D eigenvalue weighted by Gasteiger charge is 2.37. The molecule has 0 aromatic heterocycles. The number of para-hydroxylation sites is 1. The number of nitrogens with zero attached hydrogens (tertiary/aromatic N) is 2. The van der Waals surface area contributed by atoms with E-state index in [0.717, 1.165) is 30.5 Å². The second kappa shape index (κ2) is 7.89. The van der Waals surface area contributed by atoms with Crippen molar-refractivity contribution in [2.24, 2.45) is 0 Å². The fourth-order valence-corrected chi connectivity index (χ4v) is 3.09. The van der Waals surface area contributed by atoms with E-state index >= 15 is 0 Å². The summed E-state index contributed by atoms with van der Waals surface area (Å²) in [5, 5.41) is 0. The van der Waals surface area contributed by atoms with Crippen LogP contribution < -0.4 is 4.90 Å². The highest BCUT2D eigenvalue weighted by Crippen LogP contribution is 2.26. The van der Waals surface area contributed by atoms with Crippen LogP contribution in [0.25, 0.3) is 0 Å². The van der Waals surface area contributed by atoms with Crippen LogP contribution in [-0.2, 0) is 9.53 Å². The summed E-state index contributed by atoms with van der Waals surface area (Å²) in [4.78, 5) is 28.7. The van der Waals surface area contributed by atoms with Gasteiger partial charge in [-0.3, -0.25) is 9.69 Å². The molecule has 0 radical (unpaired) electrons. The molecule has 1 saturated heterocycles. The highest BCUT2D eigenvalue weighted by molar-refractivity contribution is 5.98. The minimum atomic E-state index is -0.567. The molecular formula is C20H30N2O3. The van der Waals surface area contributed by atoms with Gasteiger partial charge in [0.15, 0.2) is 0 Å². The molecule has 0 unspecified atom stereocenters. The van der Waals surface area contributed by atoms with Gasteiger partial charge in [0.1, 0.15) is 12.1 Å². The molecule has 5 heteroatoms. The molecule has 1 heterocycles. The minimum Gasteiger partial charge on any atom is -0.444 e. The van der Waals surface area contributed by atoms with Gasteiger partial charge in [0, 0.05) is 12.2 Å². The summed E-state index contributed by atoms with van der Waals surface area (Å²) in [6, 6.07) is 7.86. The van der Waals surface area contributed by atoms with Gasteiger partial charge < -0.3 is 9.64 Å². The van der Waals surface area contributed by atoms with Crippen molar-refractivity contribution >= 4 is 17.7 Å². The van der Waals surface area contributed by atoms with Gasteiger partial charge in [-0.15, -0.1) is 0 Å². The third kappa shape index (κ3) is 4.97. The van der Waals surface area contributed by atoms with E-state index in [1.165, 1.54) is 0 Å². The van der Waals surface area contributed by atoms with Gasteiger partial charge in [-0.25, -0.2) is 4.79 Å². The maximum absolute atomic E-state index is 12.7. The van der Waals surface area contributed by atoms with Crippen molar-refractivity contribution < 1.29 is 14.3 Å². The lowest BCUT2D eigenvalue weighted by Crippen LogP contribution is -2.59. The van der Waals surface area contributed by atoms with Crippen LogP contribution in [0.4, 0.5) is 10.5 Å². The zero-order valence-corrected chi connectivity index (χ0v) is 16.0. The Balaban J connectivity index is 2.22. The van der Waals surface area contributed by atoms with Crippen LogP contribution >= 0.6 is 0 Å². The molecule has 2 rings (SSSR count). The largest absolute Gasteiger partial charge is 0.444 e. The summed E-state index contributed by atoms with van der Waals surface area (Å²) in [5.74, 6) is -0.0621. The van der Waals surface area contributed by atoms with E-state index < -0.39 is 11.7 Å². The van der Waals surface area contributed by atoms with Gasteiger partial charge in [0.2, 0.25) is 5.91 Å². The Morgan fingerprint density at radius 3 is 2.56 bits per heavy atom. The van der Waals surface area contributed by atoms with Crippen LogP contribution in [0.15, 0.2) is 24.3 Å². The predicted octanol–water partition coefficient (Wildman–Crippen LogP) is 4.14. The summed E-state index contributed by atoms with van der Waals surface area (Å²) >= 11 is 0. The molecule has 1 fully saturated rings. The molecule has 5 nitrogen and oxygen atoms in total. The molecule has 1 aliphatic heterocycles. The Morgan fingerprint density at radius 2 is 1.96 bits per heavy atom. The van der Waals surface area contributed by atoms with E-state index in [0.29, 0.717) is 6.54 Å². The maximum Gasteiger partial charge on any atom is 0.411 e. The number of ether oxygens (including phenoxy) is 1. The number of anilines is 1. The number of aryl methyl sites for hydroxylation is 1. The smallest absolute Gasteiger partial charge is 0.411 e. The Hall–Kier alpha value is -2.04. The number of piperazine rings is 1. The Bertz CT molecular complexity index is 622. The standard InChI is InChI=1S/C20H30N2O3/c1-6-7-11-16-13-22(17-12-9-8-10-15(17)2)18(23)14-21(16)19(24)25-20(3,4)5/h8-10,12,16H,6-7,11,13-14H2,1-5H3/t16-/m0/s1. The average molecular weight is 346 g/mol. The van der Waals surface area contributed by atoms with Gasteiger partial charge in [0.25, 0.3) is 0 Å². The normalized spacial score (nSPS) is 18.4. The molecule has 0 saturated carbocycles. The number of amides is 2. The van der Waals surface area contributed by atoms with Crippen molar-refractivity contribution in [1.82, 2.24) is 4.90 Å². The molecule has 1 atom stereocenters. The molecule has 25 heavy (non-hydrogen) atoms. The number of benzene rings is 1. The molecule has 0 N–H and O–H groups in total. The monoisotopic (exact) mass is 346 g/mol. The third-order valence-corrected chi connectivity index (χ3v) is 4.37. The van der Waals surface area contributed by atoms with Crippen LogP contribution in [0.2, 0.25) is 0 Å². The first-order chi connectivity index (χ1) is 11.7. The van der Waals surface area contributed by atoms with Gasteiger partial charge in [-0.05, 0) is 45.7 Å². The lowest BCUT2D eigenvalue weighted by Gasteiger charge is -2.41. The number of carbonyl (C=O) groups excluding carboxylic acids is 2. The summed E-state index contributed by atoms with van der Waals surface area (Å²) in [5.41, 5.74) is 1.43. The van der Waals surface area contributed by atoms with E-state index in [4.69, 9.17) is 4.74 Å². The predicted molar refractivity (Wildman–Crippen MR) is 99.8 cm³/mol. The summed E-state index contributed by atoms with van der Waals surface area (Å²) in [7, 11) is 0. The lowest BCUT2D eigenvalue weighted by molar-refractivity contribution is -0.122. The van der Waals surface area contributed by atoms with E-state index in [1.54, 1.807) is 4.90 Å². The van der Waals surface area contributed by atoms with E-state index in [1.807, 2.05) is 56.9 Å². The first-order valence-corrected chi connectivity index (χ1v) is 9.08. The quantitative estimate of drug-likeness (QED) is 0.823. The first-order valence-electron chi connectivity index (χ1n) is 9.08. The van der Waals surface area contributed by atoms with E-state index in [-0.39, 0.29) is 18.5 Å². The second-order valence-electron chi connectivity index (χ2n) is 7.70. The fourth-order valence-electron chi connectivity index (χ4n) is 3.09. The number of hydrogen-bond donors (Lipinski definition) is 0. The molecule has 138 valence electrons. The van der Waals surface area contributed by atoms with Crippen molar-refractivity contribution in [3.63, 3.8) is 0 Å². The number of carbonyl (C=O) groups is 2. The molecule has 2 amide bonds. The maximum atomic E-state index is 12.7. The number of unbranched alkanes of at least 4 members (excludes halogenated alkanes) is 1. The van der Waals surface area contributed by atoms with Crippen LogP contribution in [0.5, 0.6) is 0 Å². The van der Waals surface area contributed by atoms with Gasteiger partial charge in [0.05, 0.1) is 6.04 Å². The lowest BCUT2D eigenvalue weighted by atomic mass is 10.0. The molecule has 0 aliphatic carbocycles. The molecule has 1 aromatic rings. The Morgan fingerprint density at radius 1 is 1.28 bits per heavy atom. The van der Waals surface area contributed by atoms with Crippen molar-refractivity contribution in [2.45, 2.75) is 65.5 Å². The van der Waals surface area contributed by atoms with Crippen LogP contribution in [0.1, 0.15) is 52.5 Å². The Kier molecular flexibility index (Phi) is 6.09. The minimum absolute atomic E-state index is 0.0212. The molecule has 1 aromatic carbocycles. The van der Waals surface area contributed by atoms with Gasteiger partial charge in [-0.1, -0.05) is 38.0 Å². The van der Waals surface area contributed by atoms with Gasteiger partial charge >= 0.3 is 6.09 Å². The van der Waals surface area contributed by atoms with Crippen molar-refractivity contribution in [1.29, 1.82) is 0 Å². The van der Waals surface area contributed by atoms with Gasteiger partial charge in [-0.2, -0.15) is 0 Å². The molecule has 0 spiro atoms. The summed E-state index contributed by atoms with van der Waals surface area (Å²) < 4.78 is 5.52. The zero-order chi connectivity index (χ0) is 18.6. The molecule has 0 bridgehead atoms. The third-order valence-electron chi connectivity index (χ3n) is 4.37. The van der Waals surface area contributed by atoms with Crippen molar-refractivity contribution in [3.8, 4) is 0 Å². The second-order valence-corrected chi connectivity index (χ2v) is 7.70. The van der Waals surface area contributed by atoms with Crippen molar-refractivity contribution in [3.05, 3.63) is 29.8 Å². The molecular weight excluding hydrogens is 316 g/mol. The van der Waals surface area contributed by atoms with Crippen LogP contribution in [0.3, 0.4) is 0 Å². The fraction of sp³-hybridized carbons (Fsp3) is 0.600. The highest BCUT2D eigenvalue weighted by atomic mass is 16.6.